The van der Waals surface area contributed by atoms with Crippen LogP contribution in [-0.2, 0) is 0 Å². The van der Waals surface area contributed by atoms with Crippen molar-refractivity contribution in [2.24, 2.45) is 0 Å². The molecule has 0 spiro atoms. The fourth-order valence-electron chi connectivity index (χ4n) is 3.57. The van der Waals surface area contributed by atoms with Crippen LogP contribution < -0.4 is 20.1 Å². The summed E-state index contributed by atoms with van der Waals surface area (Å²) in [5.41, 5.74) is 0.582. The molecule has 3 amide bonds. The van der Waals surface area contributed by atoms with Gasteiger partial charge in [-0.3, -0.25) is 4.79 Å². The second-order valence-electron chi connectivity index (χ2n) is 7.38. The van der Waals surface area contributed by atoms with Crippen molar-refractivity contribution < 1.29 is 27.8 Å². The van der Waals surface area contributed by atoms with Crippen LogP contribution in [-0.4, -0.2) is 47.8 Å². The van der Waals surface area contributed by atoms with Crippen molar-refractivity contribution in [3.8, 4) is 11.5 Å². The lowest BCUT2D eigenvalue weighted by molar-refractivity contribution is 0.102. The van der Waals surface area contributed by atoms with Crippen molar-refractivity contribution in [2.45, 2.75) is 18.9 Å². The van der Waals surface area contributed by atoms with Crippen LogP contribution in [0.2, 0.25) is 0 Å². The van der Waals surface area contributed by atoms with Gasteiger partial charge in [-0.1, -0.05) is 11.3 Å². The lowest BCUT2D eigenvalue weighted by atomic mass is 10.2. The zero-order chi connectivity index (χ0) is 24.2. The number of amides is 3. The highest BCUT2D eigenvalue weighted by Crippen LogP contribution is 2.35. The number of methoxy groups -OCH3 is 2. The SMILES string of the molecule is COc1ccc(NC(=O)N2CCC[C@H]2c2nnc(C(=O)Nc3ccc(F)c(F)c3)s2)c(OC)c1. The summed E-state index contributed by atoms with van der Waals surface area (Å²) in [7, 11) is 3.04. The van der Waals surface area contributed by atoms with Crippen LogP contribution in [0.5, 0.6) is 11.5 Å². The summed E-state index contributed by atoms with van der Waals surface area (Å²) in [5, 5.41) is 13.9. The van der Waals surface area contributed by atoms with Gasteiger partial charge in [0.2, 0.25) is 5.01 Å². The van der Waals surface area contributed by atoms with Crippen molar-refractivity contribution in [3.05, 3.63) is 58.0 Å². The van der Waals surface area contributed by atoms with E-state index in [-0.39, 0.29) is 22.8 Å². The minimum Gasteiger partial charge on any atom is -0.497 e. The highest BCUT2D eigenvalue weighted by atomic mass is 32.1. The molecule has 2 aromatic carbocycles. The average molecular weight is 490 g/mol. The molecular weight excluding hydrogens is 468 g/mol. The molecule has 9 nitrogen and oxygen atoms in total. The number of rotatable bonds is 6. The fraction of sp³-hybridized carbons (Fsp3) is 0.273. The summed E-state index contributed by atoms with van der Waals surface area (Å²) in [6.45, 7) is 0.505. The number of carbonyl (C=O) groups is 2. The monoisotopic (exact) mass is 489 g/mol. The average Bonchev–Trinajstić information content (AvgIpc) is 3.51. The smallest absolute Gasteiger partial charge is 0.322 e. The van der Waals surface area contributed by atoms with Crippen molar-refractivity contribution in [2.75, 3.05) is 31.4 Å². The molecule has 1 aromatic heterocycles. The third-order valence-electron chi connectivity index (χ3n) is 5.26. The Labute approximate surface area is 197 Å². The number of hydrogen-bond donors (Lipinski definition) is 2. The van der Waals surface area contributed by atoms with Gasteiger partial charge >= 0.3 is 6.03 Å². The highest BCUT2D eigenvalue weighted by Gasteiger charge is 2.33. The van der Waals surface area contributed by atoms with Gasteiger partial charge in [-0.2, -0.15) is 0 Å². The van der Waals surface area contributed by atoms with Gasteiger partial charge in [0.15, 0.2) is 11.6 Å². The second-order valence-corrected chi connectivity index (χ2v) is 8.39. The molecular formula is C22H21F2N5O4S. The lowest BCUT2D eigenvalue weighted by Gasteiger charge is -2.23. The first-order valence-electron chi connectivity index (χ1n) is 10.3. The maximum atomic E-state index is 13.4. The molecule has 3 aromatic rings. The number of likely N-dealkylation sites (tertiary alicyclic amines) is 1. The third kappa shape index (κ3) is 4.91. The first kappa shape index (κ1) is 23.4. The highest BCUT2D eigenvalue weighted by molar-refractivity contribution is 7.13. The van der Waals surface area contributed by atoms with Crippen molar-refractivity contribution >= 4 is 34.6 Å². The number of aromatic nitrogens is 2. The molecule has 34 heavy (non-hydrogen) atoms. The molecule has 0 saturated carbocycles. The van der Waals surface area contributed by atoms with E-state index in [0.29, 0.717) is 35.2 Å². The van der Waals surface area contributed by atoms with Crippen LogP contribution in [0, 0.1) is 11.6 Å². The summed E-state index contributed by atoms with van der Waals surface area (Å²) in [6, 6.07) is 7.42. The van der Waals surface area contributed by atoms with Gasteiger partial charge in [0, 0.05) is 24.4 Å². The number of halogens is 2. The van der Waals surface area contributed by atoms with Crippen LogP contribution >= 0.6 is 11.3 Å². The number of hydrogen-bond acceptors (Lipinski definition) is 7. The van der Waals surface area contributed by atoms with E-state index in [1.807, 2.05) is 0 Å². The van der Waals surface area contributed by atoms with E-state index in [4.69, 9.17) is 9.47 Å². The van der Waals surface area contributed by atoms with Crippen LogP contribution in [0.15, 0.2) is 36.4 Å². The Morgan fingerprint density at radius 2 is 1.88 bits per heavy atom. The summed E-state index contributed by atoms with van der Waals surface area (Å²) in [6.07, 6.45) is 1.42. The van der Waals surface area contributed by atoms with E-state index in [0.717, 1.165) is 29.9 Å². The van der Waals surface area contributed by atoms with Crippen LogP contribution in [0.4, 0.5) is 25.0 Å². The standard InChI is InChI=1S/C22H21F2N5O4S/c1-32-13-6-8-16(18(11-13)33-2)26-22(31)29-9-3-4-17(29)20-27-28-21(34-20)19(30)25-12-5-7-14(23)15(24)10-12/h5-8,10-11,17H,3-4,9H2,1-2H3,(H,25,30)(H,26,31)/t17-/m0/s1. The van der Waals surface area contributed by atoms with Crippen molar-refractivity contribution in [3.63, 3.8) is 0 Å². The molecule has 0 radical (unpaired) electrons. The molecule has 1 aliphatic rings. The zero-order valence-electron chi connectivity index (χ0n) is 18.3. The van der Waals surface area contributed by atoms with Gasteiger partial charge < -0.3 is 25.0 Å². The molecule has 12 heteroatoms. The molecule has 0 unspecified atom stereocenters. The minimum atomic E-state index is -1.07. The number of nitrogens with one attached hydrogen (secondary N) is 2. The van der Waals surface area contributed by atoms with Gasteiger partial charge in [0.1, 0.15) is 16.5 Å². The number of ether oxygens (including phenoxy) is 2. The molecule has 4 rings (SSSR count). The number of carbonyl (C=O) groups excluding carboxylic acids is 2. The molecule has 1 saturated heterocycles. The van der Waals surface area contributed by atoms with Gasteiger partial charge in [-0.05, 0) is 37.1 Å². The Balaban J connectivity index is 1.46. The van der Waals surface area contributed by atoms with E-state index in [9.17, 15) is 18.4 Å². The largest absolute Gasteiger partial charge is 0.497 e. The van der Waals surface area contributed by atoms with E-state index >= 15 is 0 Å². The number of anilines is 2. The third-order valence-corrected chi connectivity index (χ3v) is 6.28. The van der Waals surface area contributed by atoms with E-state index in [1.54, 1.807) is 23.1 Å². The summed E-state index contributed by atoms with van der Waals surface area (Å²) >= 11 is 1.04. The Kier molecular flexibility index (Phi) is 6.87. The molecule has 2 heterocycles. The molecule has 0 aliphatic carbocycles. The summed E-state index contributed by atoms with van der Waals surface area (Å²) in [4.78, 5) is 27.1. The first-order chi connectivity index (χ1) is 16.4. The Morgan fingerprint density at radius 1 is 1.06 bits per heavy atom. The molecule has 1 fully saturated rings. The maximum absolute atomic E-state index is 13.4. The van der Waals surface area contributed by atoms with Gasteiger partial charge in [-0.25, -0.2) is 13.6 Å². The van der Waals surface area contributed by atoms with Crippen LogP contribution in [0.1, 0.15) is 33.7 Å². The van der Waals surface area contributed by atoms with Crippen molar-refractivity contribution in [1.29, 1.82) is 0 Å². The molecule has 2 N–H and O–H groups in total. The van der Waals surface area contributed by atoms with E-state index in [2.05, 4.69) is 20.8 Å². The predicted molar refractivity (Wildman–Crippen MR) is 121 cm³/mol. The van der Waals surface area contributed by atoms with Crippen molar-refractivity contribution in [1.82, 2.24) is 15.1 Å². The Bertz CT molecular complexity index is 1220. The van der Waals surface area contributed by atoms with Crippen LogP contribution in [0.25, 0.3) is 0 Å². The first-order valence-corrected chi connectivity index (χ1v) is 11.1. The maximum Gasteiger partial charge on any atom is 0.322 e. The Hall–Kier alpha value is -3.80. The molecule has 1 aliphatic heterocycles. The van der Waals surface area contributed by atoms with E-state index < -0.39 is 17.5 Å². The van der Waals surface area contributed by atoms with E-state index in [1.165, 1.54) is 20.3 Å². The van der Waals surface area contributed by atoms with Crippen LogP contribution in [0.3, 0.4) is 0 Å². The lowest BCUT2D eigenvalue weighted by Crippen LogP contribution is -2.34. The molecule has 0 bridgehead atoms. The quantitative estimate of drug-likeness (QED) is 0.530. The summed E-state index contributed by atoms with van der Waals surface area (Å²) in [5.74, 6) is -1.64. The number of urea groups is 1. The molecule has 178 valence electrons. The topological polar surface area (TPSA) is 106 Å². The summed E-state index contributed by atoms with van der Waals surface area (Å²) < 4.78 is 37.0. The van der Waals surface area contributed by atoms with Gasteiger partial charge in [0.05, 0.1) is 25.9 Å². The molecule has 1 atom stereocenters. The number of nitrogens with zero attached hydrogens (tertiary/aromatic N) is 3. The minimum absolute atomic E-state index is 0.0452. The fourth-order valence-corrected chi connectivity index (χ4v) is 4.46. The zero-order valence-corrected chi connectivity index (χ0v) is 19.1. The predicted octanol–water partition coefficient (Wildman–Crippen LogP) is 4.45. The number of benzene rings is 2. The Morgan fingerprint density at radius 3 is 2.62 bits per heavy atom. The normalized spacial score (nSPS) is 15.2. The van der Waals surface area contributed by atoms with Gasteiger partial charge in [0.25, 0.3) is 5.91 Å². The second kappa shape index (κ2) is 10.00. The van der Waals surface area contributed by atoms with Gasteiger partial charge in [-0.15, -0.1) is 10.2 Å².